The highest BCUT2D eigenvalue weighted by molar-refractivity contribution is 5.75. The number of hydrogen-bond donors (Lipinski definition) is 4. The smallest absolute Gasteiger partial charge is 0.309 e. The minimum atomic E-state index is -1.56. The molecule has 0 saturated carbocycles. The van der Waals surface area contributed by atoms with Gasteiger partial charge in [0.1, 0.15) is 30.5 Å². The van der Waals surface area contributed by atoms with Gasteiger partial charge in [-0.2, -0.15) is 0 Å². The first-order valence-corrected chi connectivity index (χ1v) is 12.7. The van der Waals surface area contributed by atoms with Crippen LogP contribution in [0, 0.1) is 11.8 Å². The third kappa shape index (κ3) is 5.78. The molecule has 2 aromatic rings. The molecular weight excluding hydrogens is 512 g/mol. The van der Waals surface area contributed by atoms with Crippen LogP contribution >= 0.6 is 0 Å². The van der Waals surface area contributed by atoms with Crippen molar-refractivity contribution in [1.82, 2.24) is 0 Å². The molecule has 1 unspecified atom stereocenters. The van der Waals surface area contributed by atoms with Crippen LogP contribution in [0.5, 0.6) is 23.0 Å². The summed E-state index contributed by atoms with van der Waals surface area (Å²) in [5.41, 5.74) is 2.02. The lowest BCUT2D eigenvalue weighted by Crippen LogP contribution is -2.55. The summed E-state index contributed by atoms with van der Waals surface area (Å²) in [7, 11) is 6.02. The van der Waals surface area contributed by atoms with Gasteiger partial charge < -0.3 is 48.8 Å². The number of cyclic esters (lactones) is 1. The Labute approximate surface area is 226 Å². The number of rotatable bonds is 10. The van der Waals surface area contributed by atoms with Crippen molar-refractivity contribution in [3.05, 3.63) is 47.0 Å². The molecule has 2 aliphatic rings. The van der Waals surface area contributed by atoms with E-state index < -0.39 is 43.0 Å². The van der Waals surface area contributed by atoms with Crippen LogP contribution < -0.4 is 18.9 Å². The van der Waals surface area contributed by atoms with E-state index in [9.17, 15) is 25.2 Å². The van der Waals surface area contributed by atoms with Gasteiger partial charge in [-0.15, -0.1) is 0 Å². The molecule has 0 radical (unpaired) electrons. The number of ether oxygens (including phenoxy) is 6. The highest BCUT2D eigenvalue weighted by atomic mass is 16.6. The molecule has 0 spiro atoms. The average Bonchev–Trinajstić information content (AvgIpc) is 3.29. The summed E-state index contributed by atoms with van der Waals surface area (Å²) >= 11 is 0. The molecule has 7 atom stereocenters. The molecule has 4 N–H and O–H groups in total. The Hall–Kier alpha value is -3.09. The number of esters is 1. The fourth-order valence-corrected chi connectivity index (χ4v) is 5.36. The topological polar surface area (TPSA) is 153 Å². The predicted molar refractivity (Wildman–Crippen MR) is 137 cm³/mol. The molecule has 214 valence electrons. The van der Waals surface area contributed by atoms with Gasteiger partial charge in [0, 0.05) is 11.5 Å². The number of methoxy groups -OCH3 is 4. The second-order valence-corrected chi connectivity index (χ2v) is 9.76. The standard InChI is InChI=1S/C28H36O11/c1-34-19-6-5-14(10-20(19)35-2)7-16-13-38-28(33)17(16)8-15-9-18(26(37-4)21(11-15)36-3)27-25(32)24(31)23(30)22(12-29)39-27/h5-6,9-11,16-17,22-25,27,29-32H,7-8,12-13H2,1-4H3/t16?,17-,22-,23-,24+,25-,27+/m1/s1. The number of hydrogen-bond acceptors (Lipinski definition) is 11. The summed E-state index contributed by atoms with van der Waals surface area (Å²) in [6, 6.07) is 9.08. The van der Waals surface area contributed by atoms with Crippen molar-refractivity contribution in [2.45, 2.75) is 43.4 Å². The third-order valence-electron chi connectivity index (χ3n) is 7.48. The molecule has 0 aliphatic carbocycles. The average molecular weight is 549 g/mol. The van der Waals surface area contributed by atoms with Gasteiger partial charge in [0.25, 0.3) is 0 Å². The van der Waals surface area contributed by atoms with Crippen LogP contribution in [0.3, 0.4) is 0 Å². The lowest BCUT2D eigenvalue weighted by molar-refractivity contribution is -0.232. The van der Waals surface area contributed by atoms with E-state index in [4.69, 9.17) is 28.4 Å². The molecule has 2 aliphatic heterocycles. The fraction of sp³-hybridized carbons (Fsp3) is 0.536. The van der Waals surface area contributed by atoms with E-state index in [0.29, 0.717) is 41.2 Å². The molecule has 39 heavy (non-hydrogen) atoms. The van der Waals surface area contributed by atoms with Gasteiger partial charge in [-0.25, -0.2) is 0 Å². The minimum absolute atomic E-state index is 0.112. The number of benzene rings is 2. The number of carbonyl (C=O) groups is 1. The molecule has 0 amide bonds. The highest BCUT2D eigenvalue weighted by Crippen LogP contribution is 2.43. The van der Waals surface area contributed by atoms with Crippen molar-refractivity contribution in [3.8, 4) is 23.0 Å². The van der Waals surface area contributed by atoms with Crippen molar-refractivity contribution in [3.63, 3.8) is 0 Å². The van der Waals surface area contributed by atoms with Gasteiger partial charge in [-0.3, -0.25) is 4.79 Å². The Morgan fingerprint density at radius 3 is 2.15 bits per heavy atom. The van der Waals surface area contributed by atoms with Crippen LogP contribution in [0.25, 0.3) is 0 Å². The second-order valence-electron chi connectivity index (χ2n) is 9.76. The van der Waals surface area contributed by atoms with Gasteiger partial charge in [0.2, 0.25) is 0 Å². The van der Waals surface area contributed by atoms with Gasteiger partial charge in [0.05, 0.1) is 47.6 Å². The summed E-state index contributed by atoms with van der Waals surface area (Å²) < 4.78 is 33.0. The lowest BCUT2D eigenvalue weighted by Gasteiger charge is -2.40. The quantitative estimate of drug-likeness (QED) is 0.312. The molecule has 0 aromatic heterocycles. The van der Waals surface area contributed by atoms with Crippen LogP contribution in [0.4, 0.5) is 0 Å². The molecule has 2 saturated heterocycles. The lowest BCUT2D eigenvalue weighted by atomic mass is 9.83. The number of aliphatic hydroxyl groups excluding tert-OH is 4. The highest BCUT2D eigenvalue weighted by Gasteiger charge is 2.45. The van der Waals surface area contributed by atoms with Crippen molar-refractivity contribution in [2.75, 3.05) is 41.7 Å². The fourth-order valence-electron chi connectivity index (χ4n) is 5.36. The summed E-state index contributed by atoms with van der Waals surface area (Å²) in [4.78, 5) is 12.8. The molecule has 4 rings (SSSR count). The van der Waals surface area contributed by atoms with Crippen LogP contribution in [0.1, 0.15) is 22.8 Å². The van der Waals surface area contributed by atoms with E-state index >= 15 is 0 Å². The summed E-state index contributed by atoms with van der Waals surface area (Å²) in [5, 5.41) is 41.0. The summed E-state index contributed by atoms with van der Waals surface area (Å²) in [6.45, 7) is -0.295. The molecular formula is C28H36O11. The predicted octanol–water partition coefficient (Wildman–Crippen LogP) is 0.810. The number of aliphatic hydroxyl groups is 4. The Balaban J connectivity index is 1.64. The normalized spacial score (nSPS) is 28.6. The van der Waals surface area contributed by atoms with Crippen LogP contribution in [0.15, 0.2) is 30.3 Å². The second kappa shape index (κ2) is 12.4. The SMILES string of the molecule is COc1ccc(CC2COC(=O)[C@@H]2Cc2cc(OC)c(OC)c([C@@H]3O[C@H](CO)[C@@H](O)[C@H](O)[C@H]3O)c2)cc1OC. The first kappa shape index (κ1) is 28.9. The van der Waals surface area contributed by atoms with Crippen LogP contribution in [-0.4, -0.2) is 92.5 Å². The maximum Gasteiger partial charge on any atom is 0.309 e. The van der Waals surface area contributed by atoms with Crippen molar-refractivity contribution >= 4 is 5.97 Å². The maximum atomic E-state index is 12.8. The van der Waals surface area contributed by atoms with Gasteiger partial charge in [-0.05, 0) is 48.2 Å². The maximum absolute atomic E-state index is 12.8. The summed E-state index contributed by atoms with van der Waals surface area (Å²) in [6.07, 6.45) is -5.92. The van der Waals surface area contributed by atoms with Gasteiger partial charge in [-0.1, -0.05) is 6.07 Å². The third-order valence-corrected chi connectivity index (χ3v) is 7.48. The Morgan fingerprint density at radius 1 is 0.821 bits per heavy atom. The minimum Gasteiger partial charge on any atom is -0.493 e. The van der Waals surface area contributed by atoms with E-state index in [-0.39, 0.29) is 24.2 Å². The van der Waals surface area contributed by atoms with E-state index in [1.54, 1.807) is 26.4 Å². The monoisotopic (exact) mass is 548 g/mol. The van der Waals surface area contributed by atoms with E-state index in [1.807, 2.05) is 18.2 Å². The first-order chi connectivity index (χ1) is 18.8. The molecule has 2 aromatic carbocycles. The van der Waals surface area contributed by atoms with E-state index in [0.717, 1.165) is 5.56 Å². The van der Waals surface area contributed by atoms with Gasteiger partial charge >= 0.3 is 5.97 Å². The zero-order valence-electron chi connectivity index (χ0n) is 22.4. The zero-order valence-corrected chi connectivity index (χ0v) is 22.4. The Kier molecular flexibility index (Phi) is 9.19. The number of carbonyl (C=O) groups excluding carboxylic acids is 1. The van der Waals surface area contributed by atoms with Crippen LogP contribution in [-0.2, 0) is 27.1 Å². The Morgan fingerprint density at radius 2 is 1.51 bits per heavy atom. The summed E-state index contributed by atoms with van der Waals surface area (Å²) in [5.74, 6) is 0.928. The van der Waals surface area contributed by atoms with Crippen molar-refractivity contribution < 1.29 is 53.6 Å². The van der Waals surface area contributed by atoms with Crippen LogP contribution in [0.2, 0.25) is 0 Å². The molecule has 2 fully saturated rings. The first-order valence-electron chi connectivity index (χ1n) is 12.7. The van der Waals surface area contributed by atoms with Gasteiger partial charge in [0.15, 0.2) is 23.0 Å². The van der Waals surface area contributed by atoms with Crippen molar-refractivity contribution in [1.29, 1.82) is 0 Å². The molecule has 0 bridgehead atoms. The molecule has 11 heteroatoms. The van der Waals surface area contributed by atoms with Crippen molar-refractivity contribution in [2.24, 2.45) is 11.8 Å². The largest absolute Gasteiger partial charge is 0.493 e. The van der Waals surface area contributed by atoms with E-state index in [1.165, 1.54) is 14.2 Å². The van der Waals surface area contributed by atoms with E-state index in [2.05, 4.69) is 0 Å². The Bertz CT molecular complexity index is 1150. The molecule has 11 nitrogen and oxygen atoms in total. The zero-order chi connectivity index (χ0) is 28.3. The molecule has 2 heterocycles.